The van der Waals surface area contributed by atoms with Gasteiger partial charge in [0.15, 0.2) is 11.2 Å². The van der Waals surface area contributed by atoms with Crippen LogP contribution in [-0.4, -0.2) is 43.6 Å². The van der Waals surface area contributed by atoms with Crippen molar-refractivity contribution in [3.05, 3.63) is 102 Å². The number of amides is 1. The van der Waals surface area contributed by atoms with Crippen molar-refractivity contribution in [1.82, 2.24) is 9.97 Å². The lowest BCUT2D eigenvalue weighted by Crippen LogP contribution is -2.32. The number of anilines is 1. The summed E-state index contributed by atoms with van der Waals surface area (Å²) >= 11 is 0. The van der Waals surface area contributed by atoms with Crippen molar-refractivity contribution < 1.29 is 26.4 Å². The molecular formula is C32H28FN5O5S. The van der Waals surface area contributed by atoms with Crippen LogP contribution in [0.3, 0.4) is 0 Å². The number of carbonyl (C=O) groups excluding carboxylic acids is 1. The summed E-state index contributed by atoms with van der Waals surface area (Å²) in [5.74, 6) is -0.482. The molecule has 12 heteroatoms. The summed E-state index contributed by atoms with van der Waals surface area (Å²) in [4.78, 5) is 21.5. The first-order chi connectivity index (χ1) is 21.1. The molecule has 0 aliphatic heterocycles. The molecule has 0 radical (unpaired) electrons. The molecule has 0 saturated carbocycles. The van der Waals surface area contributed by atoms with Gasteiger partial charge >= 0.3 is 0 Å². The van der Waals surface area contributed by atoms with Crippen LogP contribution in [0.15, 0.2) is 87.8 Å². The number of rotatable bonds is 10. The van der Waals surface area contributed by atoms with Gasteiger partial charge in [-0.3, -0.25) is 9.10 Å². The van der Waals surface area contributed by atoms with Crippen molar-refractivity contribution in [2.75, 3.05) is 23.7 Å². The maximum absolute atomic E-state index is 13.5. The number of halogens is 1. The van der Waals surface area contributed by atoms with Crippen molar-refractivity contribution in [2.45, 2.75) is 12.8 Å². The minimum atomic E-state index is -3.77. The van der Waals surface area contributed by atoms with Crippen LogP contribution in [0.25, 0.3) is 44.8 Å². The number of nitrogens with zero attached hydrogens (tertiary/aromatic N) is 3. The molecule has 0 atom stereocenters. The van der Waals surface area contributed by atoms with Gasteiger partial charge in [0.1, 0.15) is 17.2 Å². The van der Waals surface area contributed by atoms with Crippen molar-refractivity contribution in [2.24, 2.45) is 11.5 Å². The van der Waals surface area contributed by atoms with E-state index in [0.29, 0.717) is 56.9 Å². The Hall–Kier alpha value is -5.07. The van der Waals surface area contributed by atoms with Crippen LogP contribution in [0, 0.1) is 5.82 Å². The third kappa shape index (κ3) is 5.64. The van der Waals surface area contributed by atoms with Gasteiger partial charge in [-0.1, -0.05) is 24.3 Å². The van der Waals surface area contributed by atoms with Crippen LogP contribution in [0.5, 0.6) is 0 Å². The van der Waals surface area contributed by atoms with E-state index in [1.165, 1.54) is 16.4 Å². The Kier molecular flexibility index (Phi) is 7.62. The van der Waals surface area contributed by atoms with Crippen molar-refractivity contribution in [3.63, 3.8) is 0 Å². The molecule has 0 fully saturated rings. The maximum atomic E-state index is 13.5. The van der Waals surface area contributed by atoms with Gasteiger partial charge in [-0.05, 0) is 66.6 Å². The molecule has 0 saturated heterocycles. The normalized spacial score (nSPS) is 11.8. The van der Waals surface area contributed by atoms with Crippen LogP contribution < -0.4 is 15.8 Å². The molecule has 0 spiro atoms. The summed E-state index contributed by atoms with van der Waals surface area (Å²) in [6.45, 7) is 0.398. The minimum absolute atomic E-state index is 0.121. The van der Waals surface area contributed by atoms with Gasteiger partial charge in [0, 0.05) is 41.7 Å². The Morgan fingerprint density at radius 1 is 0.977 bits per heavy atom. The molecule has 3 aromatic heterocycles. The fourth-order valence-corrected chi connectivity index (χ4v) is 6.18. The highest BCUT2D eigenvalue weighted by Gasteiger charge is 2.26. The lowest BCUT2D eigenvalue weighted by molar-refractivity contribution is 0.1000. The van der Waals surface area contributed by atoms with Crippen molar-refractivity contribution >= 4 is 43.8 Å². The van der Waals surface area contributed by atoms with Gasteiger partial charge in [0.25, 0.3) is 5.91 Å². The van der Waals surface area contributed by atoms with Crippen LogP contribution in [-0.2, 0) is 16.4 Å². The van der Waals surface area contributed by atoms with Gasteiger partial charge in [-0.15, -0.1) is 0 Å². The van der Waals surface area contributed by atoms with E-state index in [-0.39, 0.29) is 36.4 Å². The predicted molar refractivity (Wildman–Crippen MR) is 166 cm³/mol. The first kappa shape index (κ1) is 29.0. The predicted octanol–water partition coefficient (Wildman–Crippen LogP) is 5.25. The number of hydrogen-bond acceptors (Lipinski definition) is 8. The Morgan fingerprint density at radius 2 is 1.75 bits per heavy atom. The van der Waals surface area contributed by atoms with E-state index < -0.39 is 21.7 Å². The summed E-state index contributed by atoms with van der Waals surface area (Å²) < 4.78 is 53.1. The Balaban J connectivity index is 1.57. The molecule has 0 aliphatic carbocycles. The number of oxazole rings is 1. The molecule has 6 aromatic rings. The summed E-state index contributed by atoms with van der Waals surface area (Å²) in [5, 5.41) is 0.414. The number of pyridine rings is 1. The van der Waals surface area contributed by atoms with Crippen molar-refractivity contribution in [3.8, 4) is 22.6 Å². The first-order valence-electron chi connectivity index (χ1n) is 13.8. The molecule has 44 heavy (non-hydrogen) atoms. The average molecular weight is 614 g/mol. The SMILES string of the molecule is CS(=O)(=O)N(CCCN)c1cc2oc(Cc3ccc(F)cc3)c(C(N)=O)c2cc1-c1cccc(-c2nc3ncccc3o2)c1. The highest BCUT2D eigenvalue weighted by molar-refractivity contribution is 7.92. The third-order valence-electron chi connectivity index (χ3n) is 7.22. The second-order valence-corrected chi connectivity index (χ2v) is 12.2. The van der Waals surface area contributed by atoms with E-state index in [4.69, 9.17) is 20.3 Å². The van der Waals surface area contributed by atoms with Gasteiger partial charge in [-0.2, -0.15) is 4.98 Å². The van der Waals surface area contributed by atoms with E-state index in [1.54, 1.807) is 48.7 Å². The zero-order valence-corrected chi connectivity index (χ0v) is 24.5. The molecule has 10 nitrogen and oxygen atoms in total. The van der Waals surface area contributed by atoms with Gasteiger partial charge in [-0.25, -0.2) is 17.8 Å². The Morgan fingerprint density at radius 3 is 2.45 bits per heavy atom. The lowest BCUT2D eigenvalue weighted by atomic mass is 9.97. The van der Waals surface area contributed by atoms with E-state index in [9.17, 15) is 17.6 Å². The number of nitrogens with two attached hydrogens (primary N) is 2. The molecule has 3 heterocycles. The number of fused-ring (bicyclic) bond motifs is 2. The molecule has 0 unspecified atom stereocenters. The van der Waals surface area contributed by atoms with E-state index in [0.717, 1.165) is 6.26 Å². The summed E-state index contributed by atoms with van der Waals surface area (Å²) in [5.41, 5.74) is 15.8. The van der Waals surface area contributed by atoms with Gasteiger partial charge < -0.3 is 20.3 Å². The second-order valence-electron chi connectivity index (χ2n) is 10.3. The van der Waals surface area contributed by atoms with Crippen molar-refractivity contribution in [1.29, 1.82) is 0 Å². The number of sulfonamides is 1. The summed E-state index contributed by atoms with van der Waals surface area (Å²) in [7, 11) is -3.77. The largest absolute Gasteiger partial charge is 0.460 e. The third-order valence-corrected chi connectivity index (χ3v) is 8.40. The van der Waals surface area contributed by atoms with Gasteiger partial charge in [0.2, 0.25) is 15.9 Å². The number of benzene rings is 3. The molecule has 3 aromatic carbocycles. The molecular weight excluding hydrogens is 585 g/mol. The molecule has 0 aliphatic rings. The number of hydrogen-bond donors (Lipinski definition) is 2. The molecule has 6 rings (SSSR count). The molecule has 224 valence electrons. The Bertz CT molecular complexity index is 2090. The molecule has 4 N–H and O–H groups in total. The van der Waals surface area contributed by atoms with E-state index in [2.05, 4.69) is 9.97 Å². The number of furan rings is 1. The zero-order valence-electron chi connectivity index (χ0n) is 23.7. The summed E-state index contributed by atoms with van der Waals surface area (Å²) in [6.07, 6.45) is 3.32. The van der Waals surface area contributed by atoms with Crippen LogP contribution >= 0.6 is 0 Å². The lowest BCUT2D eigenvalue weighted by Gasteiger charge is -2.25. The maximum Gasteiger partial charge on any atom is 0.252 e. The highest BCUT2D eigenvalue weighted by Crippen LogP contribution is 2.40. The standard InChI is InChI=1S/C32H28FN5O5S/c1-44(40,41)38(14-4-12-34)25-18-27-24(29(30(35)39)28(42-27)15-19-8-10-22(33)11-9-19)17-23(25)20-5-2-6-21(16-20)32-37-31-26(43-32)7-3-13-36-31/h2-3,5-11,13,16-18H,4,12,14-15,34H2,1H3,(H2,35,39). The first-order valence-corrected chi connectivity index (χ1v) is 15.6. The number of primary amides is 1. The topological polar surface area (TPSA) is 159 Å². The van der Waals surface area contributed by atoms with E-state index in [1.807, 2.05) is 18.2 Å². The zero-order chi connectivity index (χ0) is 31.0. The highest BCUT2D eigenvalue weighted by atomic mass is 32.2. The molecule has 0 bridgehead atoms. The average Bonchev–Trinajstić information content (AvgIpc) is 3.58. The second kappa shape index (κ2) is 11.5. The fraction of sp³-hybridized carbons (Fsp3) is 0.156. The minimum Gasteiger partial charge on any atom is -0.460 e. The number of aromatic nitrogens is 2. The Labute approximate surface area is 252 Å². The van der Waals surface area contributed by atoms with E-state index >= 15 is 0 Å². The number of carbonyl (C=O) groups is 1. The quantitative estimate of drug-likeness (QED) is 0.212. The van der Waals surface area contributed by atoms with Crippen LogP contribution in [0.1, 0.15) is 28.1 Å². The van der Waals surface area contributed by atoms with Crippen LogP contribution in [0.2, 0.25) is 0 Å². The van der Waals surface area contributed by atoms with Crippen LogP contribution in [0.4, 0.5) is 10.1 Å². The van der Waals surface area contributed by atoms with Gasteiger partial charge in [0.05, 0.1) is 17.5 Å². The summed E-state index contributed by atoms with van der Waals surface area (Å²) in [6, 6.07) is 19.9. The smallest absolute Gasteiger partial charge is 0.252 e. The monoisotopic (exact) mass is 613 g/mol. The molecule has 1 amide bonds. The fourth-order valence-electron chi connectivity index (χ4n) is 5.21.